The fourth-order valence-electron chi connectivity index (χ4n) is 3.97. The van der Waals surface area contributed by atoms with E-state index < -0.39 is 109 Å². The van der Waals surface area contributed by atoms with Crippen molar-refractivity contribution in [2.75, 3.05) is 6.54 Å². The number of halogens is 20. The molecule has 0 saturated carbocycles. The van der Waals surface area contributed by atoms with Gasteiger partial charge < -0.3 is 15.3 Å². The lowest BCUT2D eigenvalue weighted by Gasteiger charge is -2.43. The van der Waals surface area contributed by atoms with Crippen LogP contribution in [0.3, 0.4) is 0 Å². The predicted molar refractivity (Wildman–Crippen MR) is 127 cm³/mol. The van der Waals surface area contributed by atoms with E-state index in [1.807, 2.05) is 5.32 Å². The highest BCUT2D eigenvalue weighted by molar-refractivity contribution is 5.77. The number of carbonyl (C=O) groups excluding carboxylic acids is 1. The van der Waals surface area contributed by atoms with E-state index in [0.717, 1.165) is 12.1 Å². The lowest BCUT2D eigenvalue weighted by Crippen LogP contribution is -2.74. The molecule has 0 bridgehead atoms. The number of carboxylic acid groups (broad SMARTS) is 1. The third kappa shape index (κ3) is 8.04. The normalized spacial score (nSPS) is 14.8. The molecular formula is C25H22F20N2O3. The van der Waals surface area contributed by atoms with Gasteiger partial charge in [0.2, 0.25) is 5.91 Å². The molecule has 0 saturated heterocycles. The molecule has 1 aromatic rings. The van der Waals surface area contributed by atoms with Crippen LogP contribution in [0.15, 0.2) is 24.3 Å². The van der Waals surface area contributed by atoms with Gasteiger partial charge in [0.15, 0.2) is 0 Å². The van der Waals surface area contributed by atoms with E-state index in [0.29, 0.717) is 26.0 Å². The van der Waals surface area contributed by atoms with Gasteiger partial charge in [-0.1, -0.05) is 12.1 Å². The molecule has 0 aliphatic heterocycles. The zero-order valence-corrected chi connectivity index (χ0v) is 24.6. The van der Waals surface area contributed by atoms with Crippen molar-refractivity contribution in [3.8, 4) is 0 Å². The number of nitrogens with zero attached hydrogens (tertiary/aromatic N) is 1. The third-order valence-electron chi connectivity index (χ3n) is 7.11. The first-order valence-corrected chi connectivity index (χ1v) is 13.0. The molecule has 0 aliphatic rings. The summed E-state index contributed by atoms with van der Waals surface area (Å²) in [5.41, 5.74) is -3.75. The summed E-state index contributed by atoms with van der Waals surface area (Å²) < 4.78 is 268. The molecule has 290 valence electrons. The number of hydrogen-bond acceptors (Lipinski definition) is 2. The summed E-state index contributed by atoms with van der Waals surface area (Å²) in [4.78, 5) is 23.8. The van der Waals surface area contributed by atoms with Crippen LogP contribution in [0.1, 0.15) is 44.2 Å². The van der Waals surface area contributed by atoms with E-state index in [9.17, 15) is 103 Å². The van der Waals surface area contributed by atoms with Crippen molar-refractivity contribution in [2.45, 2.75) is 99.0 Å². The lowest BCUT2D eigenvalue weighted by atomic mass is 9.86. The molecule has 0 unspecified atom stereocenters. The van der Waals surface area contributed by atoms with Gasteiger partial charge in [0, 0.05) is 31.5 Å². The van der Waals surface area contributed by atoms with Crippen molar-refractivity contribution < 1.29 is 103 Å². The smallest absolute Gasteiger partial charge is 0.460 e. The van der Waals surface area contributed by atoms with Gasteiger partial charge >= 0.3 is 59.9 Å². The fourth-order valence-corrected chi connectivity index (χ4v) is 3.97. The van der Waals surface area contributed by atoms with Crippen LogP contribution in [-0.4, -0.2) is 81.7 Å². The van der Waals surface area contributed by atoms with Gasteiger partial charge in [-0.15, -0.1) is 0 Å². The summed E-state index contributed by atoms with van der Waals surface area (Å²) in [6.45, 7) is -0.493. The highest BCUT2D eigenvalue weighted by atomic mass is 19.4. The number of carbonyl (C=O) groups is 2. The number of amides is 2. The van der Waals surface area contributed by atoms with E-state index in [4.69, 9.17) is 0 Å². The number of benzene rings is 1. The largest absolute Gasteiger partial charge is 0.465 e. The Morgan fingerprint density at radius 2 is 1.10 bits per heavy atom. The molecule has 0 aromatic heterocycles. The first kappa shape index (κ1) is 44.6. The Kier molecular flexibility index (Phi) is 12.1. The summed E-state index contributed by atoms with van der Waals surface area (Å²) in [7, 11) is 0. The first-order valence-electron chi connectivity index (χ1n) is 13.0. The average Bonchev–Trinajstić information content (AvgIpc) is 2.93. The van der Waals surface area contributed by atoms with Gasteiger partial charge in [0.25, 0.3) is 0 Å². The number of alkyl halides is 20. The van der Waals surface area contributed by atoms with Crippen molar-refractivity contribution >= 4 is 12.0 Å². The summed E-state index contributed by atoms with van der Waals surface area (Å²) in [5.74, 6) is -58.8. The highest BCUT2D eigenvalue weighted by Crippen LogP contribution is 2.64. The Balaban J connectivity index is 3.20. The second kappa shape index (κ2) is 13.6. The molecular weight excluding hydrogens is 756 g/mol. The Bertz CT molecular complexity index is 1370. The van der Waals surface area contributed by atoms with Crippen LogP contribution in [-0.2, 0) is 17.5 Å². The van der Waals surface area contributed by atoms with Gasteiger partial charge in [0.05, 0.1) is 5.56 Å². The van der Waals surface area contributed by atoms with Crippen molar-refractivity contribution in [1.82, 2.24) is 10.2 Å². The molecule has 0 aliphatic carbocycles. The van der Waals surface area contributed by atoms with E-state index in [1.54, 1.807) is 0 Å². The van der Waals surface area contributed by atoms with Crippen molar-refractivity contribution in [3.05, 3.63) is 35.4 Å². The number of rotatable bonds is 15. The highest BCUT2D eigenvalue weighted by Gasteiger charge is 2.95. The Morgan fingerprint density at radius 1 is 0.660 bits per heavy atom. The van der Waals surface area contributed by atoms with E-state index in [2.05, 4.69) is 0 Å². The molecule has 50 heavy (non-hydrogen) atoms. The Hall–Kier alpha value is -3.44. The van der Waals surface area contributed by atoms with E-state index >= 15 is 0 Å². The summed E-state index contributed by atoms with van der Waals surface area (Å²) in [5, 5.41) is 11.4. The minimum Gasteiger partial charge on any atom is -0.465 e. The summed E-state index contributed by atoms with van der Waals surface area (Å²) in [6.07, 6.45) is -20.5. The maximum absolute atomic E-state index is 14.4. The fraction of sp³-hybridized carbons (Fsp3) is 0.680. The van der Waals surface area contributed by atoms with Crippen molar-refractivity contribution in [3.63, 3.8) is 0 Å². The Labute approximate surface area is 266 Å². The maximum atomic E-state index is 14.4. The molecule has 0 radical (unpaired) electrons. The second-order valence-corrected chi connectivity index (χ2v) is 11.1. The minimum absolute atomic E-state index is 0.00570. The minimum atomic E-state index is -8.79. The molecule has 0 fully saturated rings. The predicted octanol–water partition coefficient (Wildman–Crippen LogP) is 9.26. The van der Waals surface area contributed by atoms with Crippen molar-refractivity contribution in [2.24, 2.45) is 0 Å². The maximum Gasteiger partial charge on any atom is 0.460 e. The van der Waals surface area contributed by atoms with Crippen LogP contribution in [0.25, 0.3) is 0 Å². The molecule has 5 nitrogen and oxygen atoms in total. The topological polar surface area (TPSA) is 69.6 Å². The number of nitrogens with one attached hydrogen (secondary N) is 1. The standard InChI is InChI=1S/C25H22F20N2O3/c1-16(2,47(15(49)50)9-6-14(48)46-11-12-4-3-5-13(10-12)18(28,29)30)7-8-17(26,27)19(31,32)20(33,34)21(35,36)22(37,38)23(39,40)24(41,42)25(43,44)45/h3-5,10H,6-9,11H2,1-2H3,(H,46,48)(H,49,50). The summed E-state index contributed by atoms with van der Waals surface area (Å²) in [6, 6.07) is 3.38. The zero-order valence-electron chi connectivity index (χ0n) is 24.6. The average molecular weight is 778 g/mol. The Morgan fingerprint density at radius 3 is 1.52 bits per heavy atom. The second-order valence-electron chi connectivity index (χ2n) is 11.1. The molecule has 2 amide bonds. The van der Waals surface area contributed by atoms with Gasteiger partial charge in [-0.3, -0.25) is 4.79 Å². The molecule has 0 heterocycles. The van der Waals surface area contributed by atoms with E-state index in [1.165, 1.54) is 0 Å². The van der Waals surface area contributed by atoms with Gasteiger partial charge in [-0.2, -0.15) is 87.8 Å². The number of hydrogen-bond donors (Lipinski definition) is 2. The van der Waals surface area contributed by atoms with E-state index in [-0.39, 0.29) is 10.5 Å². The van der Waals surface area contributed by atoms with Crippen LogP contribution in [0.5, 0.6) is 0 Å². The first-order chi connectivity index (χ1) is 21.9. The van der Waals surface area contributed by atoms with Crippen LogP contribution < -0.4 is 5.32 Å². The van der Waals surface area contributed by atoms with Crippen LogP contribution in [0.4, 0.5) is 92.6 Å². The molecule has 0 spiro atoms. The van der Waals surface area contributed by atoms with Crippen molar-refractivity contribution in [1.29, 1.82) is 0 Å². The quantitative estimate of drug-likeness (QED) is 0.175. The van der Waals surface area contributed by atoms with Crippen LogP contribution in [0, 0.1) is 0 Å². The molecule has 25 heteroatoms. The van der Waals surface area contributed by atoms with Gasteiger partial charge in [-0.25, -0.2) is 4.79 Å². The molecule has 0 atom stereocenters. The lowest BCUT2D eigenvalue weighted by molar-refractivity contribution is -0.461. The van der Waals surface area contributed by atoms with Gasteiger partial charge in [0.1, 0.15) is 0 Å². The molecule has 2 N–H and O–H groups in total. The van der Waals surface area contributed by atoms with Crippen LogP contribution in [0.2, 0.25) is 0 Å². The van der Waals surface area contributed by atoms with Gasteiger partial charge in [-0.05, 0) is 38.0 Å². The monoisotopic (exact) mass is 778 g/mol. The SMILES string of the molecule is CC(C)(CCC(F)(F)C(F)(F)C(F)(F)C(F)(F)C(F)(F)C(F)(F)C(F)(F)C(F)(F)F)N(CCC(=O)NCc1cccc(C(F)(F)F)c1)C(=O)O. The molecule has 1 rings (SSSR count). The molecule has 1 aromatic carbocycles. The summed E-state index contributed by atoms with van der Waals surface area (Å²) >= 11 is 0. The zero-order chi connectivity index (χ0) is 40.0. The third-order valence-corrected chi connectivity index (χ3v) is 7.11. The van der Waals surface area contributed by atoms with Crippen LogP contribution >= 0.6 is 0 Å².